The number of carbonyl (C=O) groups excluding carboxylic acids is 3. The van der Waals surface area contributed by atoms with Crippen molar-refractivity contribution in [2.45, 2.75) is 70.4 Å². The Labute approximate surface area is 176 Å². The van der Waals surface area contributed by atoms with Crippen molar-refractivity contribution in [2.24, 2.45) is 5.16 Å². The monoisotopic (exact) mass is 424 g/mol. The van der Waals surface area contributed by atoms with Gasteiger partial charge in [0.1, 0.15) is 11.3 Å². The maximum atomic E-state index is 12.6. The molecule has 168 valence electrons. The van der Waals surface area contributed by atoms with Crippen LogP contribution in [0.2, 0.25) is 0 Å². The summed E-state index contributed by atoms with van der Waals surface area (Å²) >= 11 is 0. The second-order valence-electron chi connectivity index (χ2n) is 8.07. The molecule has 0 bridgehead atoms. The van der Waals surface area contributed by atoms with Crippen LogP contribution in [-0.2, 0) is 24.0 Å². The largest absolute Gasteiger partial charge is 0.527 e. The lowest BCUT2D eigenvalue weighted by atomic mass is 9.86. The number of nitrogens with zero attached hydrogens (tertiary/aromatic N) is 3. The summed E-state index contributed by atoms with van der Waals surface area (Å²) in [6.45, 7) is 6.32. The molecule has 0 aliphatic carbocycles. The third-order valence-corrected chi connectivity index (χ3v) is 5.85. The maximum Gasteiger partial charge on any atom is 0.527 e. The van der Waals surface area contributed by atoms with Crippen molar-refractivity contribution in [1.29, 1.82) is 0 Å². The van der Waals surface area contributed by atoms with E-state index in [0.717, 1.165) is 6.42 Å². The Balaban J connectivity index is 1.39. The van der Waals surface area contributed by atoms with Crippen molar-refractivity contribution in [1.82, 2.24) is 15.3 Å². The van der Waals surface area contributed by atoms with Crippen LogP contribution in [0.25, 0.3) is 0 Å². The highest BCUT2D eigenvalue weighted by atomic mass is 16.8. The van der Waals surface area contributed by atoms with E-state index in [2.05, 4.69) is 10.5 Å². The Hall–Kier alpha value is -2.36. The molecule has 0 saturated carbocycles. The first-order chi connectivity index (χ1) is 14.4. The Kier molecular flexibility index (Phi) is 7.52. The fraction of sp³-hybridized carbons (Fsp3) is 0.800. The van der Waals surface area contributed by atoms with Crippen molar-refractivity contribution in [2.75, 3.05) is 32.8 Å². The topological polar surface area (TPSA) is 110 Å². The predicted octanol–water partition coefficient (Wildman–Crippen LogP) is 1.59. The van der Waals surface area contributed by atoms with Crippen molar-refractivity contribution in [3.8, 4) is 0 Å². The average molecular weight is 424 g/mol. The SMILES string of the molecule is CCCC(=O)N1CCC2(CC1)CC(C(=O)NC1CCN(OC(=O)OCC)CC1)=NO2. The molecule has 30 heavy (non-hydrogen) atoms. The van der Waals surface area contributed by atoms with Crippen LogP contribution in [0, 0.1) is 0 Å². The number of hydrogen-bond donors (Lipinski definition) is 1. The molecule has 0 aromatic carbocycles. The van der Waals surface area contributed by atoms with Gasteiger partial charge in [0.05, 0.1) is 6.61 Å². The van der Waals surface area contributed by atoms with E-state index in [1.54, 1.807) is 12.0 Å². The molecule has 1 spiro atoms. The van der Waals surface area contributed by atoms with E-state index < -0.39 is 11.8 Å². The third-order valence-electron chi connectivity index (χ3n) is 5.85. The minimum absolute atomic E-state index is 0.00712. The number of hydrogen-bond acceptors (Lipinski definition) is 8. The molecule has 3 aliphatic heterocycles. The molecular formula is C20H32N4O6. The number of nitrogens with one attached hydrogen (secondary N) is 1. The van der Waals surface area contributed by atoms with E-state index in [9.17, 15) is 14.4 Å². The fourth-order valence-electron chi connectivity index (χ4n) is 4.06. The van der Waals surface area contributed by atoms with Crippen LogP contribution >= 0.6 is 0 Å². The quantitative estimate of drug-likeness (QED) is 0.645. The summed E-state index contributed by atoms with van der Waals surface area (Å²) in [5, 5.41) is 8.63. The van der Waals surface area contributed by atoms with Crippen LogP contribution in [0.3, 0.4) is 0 Å². The summed E-state index contributed by atoms with van der Waals surface area (Å²) in [4.78, 5) is 48.7. The first-order valence-electron chi connectivity index (χ1n) is 10.9. The van der Waals surface area contributed by atoms with Crippen molar-refractivity contribution in [3.05, 3.63) is 0 Å². The van der Waals surface area contributed by atoms with Crippen LogP contribution in [0.5, 0.6) is 0 Å². The minimum atomic E-state index is -0.704. The summed E-state index contributed by atoms with van der Waals surface area (Å²) in [6.07, 6.45) is 3.89. The molecule has 10 heteroatoms. The normalized spacial score (nSPS) is 21.7. The van der Waals surface area contributed by atoms with E-state index >= 15 is 0 Å². The fourth-order valence-corrected chi connectivity index (χ4v) is 4.06. The summed E-state index contributed by atoms with van der Waals surface area (Å²) in [5.41, 5.74) is -0.0551. The molecule has 3 rings (SSSR count). The Morgan fingerprint density at radius 3 is 2.50 bits per heavy atom. The van der Waals surface area contributed by atoms with Gasteiger partial charge in [-0.2, -0.15) is 0 Å². The van der Waals surface area contributed by atoms with Crippen LogP contribution in [0.1, 0.15) is 58.8 Å². The molecule has 3 aliphatic rings. The number of oxime groups is 1. The lowest BCUT2D eigenvalue weighted by Gasteiger charge is -2.37. The summed E-state index contributed by atoms with van der Waals surface area (Å²) < 4.78 is 4.77. The van der Waals surface area contributed by atoms with E-state index in [1.807, 2.05) is 11.8 Å². The van der Waals surface area contributed by atoms with Gasteiger partial charge in [0.15, 0.2) is 0 Å². The highest BCUT2D eigenvalue weighted by molar-refractivity contribution is 6.39. The summed E-state index contributed by atoms with van der Waals surface area (Å²) in [7, 11) is 0. The first kappa shape index (κ1) is 22.3. The van der Waals surface area contributed by atoms with Crippen molar-refractivity contribution < 1.29 is 28.8 Å². The van der Waals surface area contributed by atoms with Crippen molar-refractivity contribution >= 4 is 23.7 Å². The lowest BCUT2D eigenvalue weighted by Crippen LogP contribution is -2.49. The van der Waals surface area contributed by atoms with E-state index in [-0.39, 0.29) is 24.5 Å². The first-order valence-corrected chi connectivity index (χ1v) is 10.9. The second kappa shape index (κ2) is 10.1. The Morgan fingerprint density at radius 1 is 1.17 bits per heavy atom. The van der Waals surface area contributed by atoms with Crippen LogP contribution in [0.15, 0.2) is 5.16 Å². The summed E-state index contributed by atoms with van der Waals surface area (Å²) in [5.74, 6) is -0.0244. The number of piperidine rings is 2. The minimum Gasteiger partial charge on any atom is -0.433 e. The average Bonchev–Trinajstić information content (AvgIpc) is 3.14. The predicted molar refractivity (Wildman–Crippen MR) is 107 cm³/mol. The van der Waals surface area contributed by atoms with Gasteiger partial charge in [0.2, 0.25) is 5.91 Å². The number of carbonyl (C=O) groups is 3. The molecule has 3 heterocycles. The number of likely N-dealkylation sites (tertiary alicyclic amines) is 1. The smallest absolute Gasteiger partial charge is 0.433 e. The van der Waals surface area contributed by atoms with Gasteiger partial charge in [-0.3, -0.25) is 9.59 Å². The van der Waals surface area contributed by atoms with Crippen LogP contribution < -0.4 is 5.32 Å². The highest BCUT2D eigenvalue weighted by Crippen LogP contribution is 2.35. The second-order valence-corrected chi connectivity index (χ2v) is 8.07. The molecule has 10 nitrogen and oxygen atoms in total. The molecule has 0 unspecified atom stereocenters. The molecule has 2 saturated heterocycles. The summed E-state index contributed by atoms with van der Waals surface area (Å²) in [6, 6.07) is -0.00712. The van der Waals surface area contributed by atoms with Gasteiger partial charge in [0.25, 0.3) is 5.91 Å². The lowest BCUT2D eigenvalue weighted by molar-refractivity contribution is -0.141. The van der Waals surface area contributed by atoms with Gasteiger partial charge >= 0.3 is 6.16 Å². The van der Waals surface area contributed by atoms with Gasteiger partial charge in [-0.05, 0) is 26.2 Å². The standard InChI is InChI=1S/C20H32N4O6/c1-3-5-17(25)23-12-8-20(9-13-23)14-16(22-30-20)18(26)21-15-6-10-24(11-7-15)29-19(27)28-4-2/h15H,3-14H2,1-2H3,(H,21,26). The third kappa shape index (κ3) is 5.62. The maximum absolute atomic E-state index is 12.6. The van der Waals surface area contributed by atoms with Crippen LogP contribution in [0.4, 0.5) is 4.79 Å². The van der Waals surface area contributed by atoms with E-state index in [4.69, 9.17) is 14.4 Å². The Bertz CT molecular complexity index is 666. The zero-order chi connectivity index (χ0) is 21.6. The number of rotatable bonds is 6. The zero-order valence-corrected chi connectivity index (χ0v) is 17.9. The molecule has 0 radical (unpaired) electrons. The van der Waals surface area contributed by atoms with Crippen molar-refractivity contribution in [3.63, 3.8) is 0 Å². The number of hydroxylamine groups is 2. The number of ether oxygens (including phenoxy) is 1. The molecule has 2 amide bonds. The Morgan fingerprint density at radius 2 is 1.87 bits per heavy atom. The van der Waals surface area contributed by atoms with Gasteiger partial charge in [-0.25, -0.2) is 4.79 Å². The van der Waals surface area contributed by atoms with Crippen LogP contribution in [-0.4, -0.2) is 78.1 Å². The van der Waals surface area contributed by atoms with E-state index in [0.29, 0.717) is 70.4 Å². The van der Waals surface area contributed by atoms with Gasteiger partial charge in [-0.1, -0.05) is 12.1 Å². The molecule has 0 aromatic heterocycles. The number of amides is 2. The zero-order valence-electron chi connectivity index (χ0n) is 17.9. The van der Waals surface area contributed by atoms with Gasteiger partial charge in [-0.15, -0.1) is 5.06 Å². The molecule has 2 fully saturated rings. The molecule has 0 atom stereocenters. The molecule has 0 aromatic rings. The highest BCUT2D eigenvalue weighted by Gasteiger charge is 2.44. The molecule has 1 N–H and O–H groups in total. The molecular weight excluding hydrogens is 392 g/mol. The van der Waals surface area contributed by atoms with Gasteiger partial charge < -0.3 is 24.6 Å². The van der Waals surface area contributed by atoms with Gasteiger partial charge in [0, 0.05) is 57.9 Å². The van der Waals surface area contributed by atoms with E-state index in [1.165, 1.54) is 0 Å².